The average molecular weight is 235 g/mol. The number of aryl methyl sites for hydroxylation is 1. The van der Waals surface area contributed by atoms with E-state index >= 15 is 0 Å². The molecule has 82 valence electrons. The van der Waals surface area contributed by atoms with Crippen molar-refractivity contribution >= 4 is 23.2 Å². The molecular formula is C12H11ClN2O. The number of carbonyl (C=O) groups excluding carboxylic acids is 1. The van der Waals surface area contributed by atoms with E-state index in [1.165, 1.54) is 0 Å². The number of rotatable bonds is 1. The number of anilines is 1. The summed E-state index contributed by atoms with van der Waals surface area (Å²) >= 11 is 5.99. The number of amides is 1. The fourth-order valence-corrected chi connectivity index (χ4v) is 2.06. The van der Waals surface area contributed by atoms with Gasteiger partial charge in [-0.15, -0.1) is 0 Å². The molecule has 0 saturated heterocycles. The van der Waals surface area contributed by atoms with Gasteiger partial charge < -0.3 is 5.32 Å². The smallest absolute Gasteiger partial charge is 0.228 e. The van der Waals surface area contributed by atoms with Crippen LogP contribution in [0, 0.1) is 24.2 Å². The second-order valence-corrected chi connectivity index (χ2v) is 4.42. The van der Waals surface area contributed by atoms with Crippen LogP contribution in [0.25, 0.3) is 0 Å². The van der Waals surface area contributed by atoms with E-state index < -0.39 is 0 Å². The van der Waals surface area contributed by atoms with E-state index in [1.807, 2.05) is 19.1 Å². The van der Waals surface area contributed by atoms with Crippen molar-refractivity contribution in [3.8, 4) is 6.07 Å². The zero-order valence-corrected chi connectivity index (χ0v) is 9.64. The van der Waals surface area contributed by atoms with Gasteiger partial charge in [-0.1, -0.05) is 17.7 Å². The Balaban J connectivity index is 2.36. The summed E-state index contributed by atoms with van der Waals surface area (Å²) in [5.74, 6) is -0.327. The Morgan fingerprint density at radius 3 is 3.06 bits per heavy atom. The first-order valence-corrected chi connectivity index (χ1v) is 5.46. The first-order valence-electron chi connectivity index (χ1n) is 5.08. The Bertz CT molecular complexity index is 491. The zero-order valence-electron chi connectivity index (χ0n) is 8.88. The molecule has 1 aromatic rings. The number of nitriles is 1. The summed E-state index contributed by atoms with van der Waals surface area (Å²) in [6.07, 6.45) is 0.875. The third-order valence-corrected chi connectivity index (χ3v) is 3.22. The highest BCUT2D eigenvalue weighted by molar-refractivity contribution is 6.31. The summed E-state index contributed by atoms with van der Waals surface area (Å²) in [7, 11) is 0. The van der Waals surface area contributed by atoms with E-state index in [0.29, 0.717) is 11.4 Å². The van der Waals surface area contributed by atoms with Crippen molar-refractivity contribution in [2.24, 2.45) is 5.92 Å². The van der Waals surface area contributed by atoms with E-state index in [0.717, 1.165) is 16.8 Å². The molecule has 2 rings (SSSR count). The number of nitrogens with one attached hydrogen (secondary N) is 1. The van der Waals surface area contributed by atoms with Crippen LogP contribution in [0.4, 0.5) is 5.69 Å². The van der Waals surface area contributed by atoms with Crippen molar-refractivity contribution in [1.82, 2.24) is 0 Å². The van der Waals surface area contributed by atoms with Crippen LogP contribution in [0.15, 0.2) is 12.1 Å². The number of carbonyl (C=O) groups is 1. The number of hydrogen-bond acceptors (Lipinski definition) is 2. The number of benzene rings is 1. The lowest BCUT2D eigenvalue weighted by Gasteiger charge is -2.23. The molecule has 3 nitrogen and oxygen atoms in total. The zero-order chi connectivity index (χ0) is 11.7. The van der Waals surface area contributed by atoms with Gasteiger partial charge in [0.1, 0.15) is 0 Å². The molecular weight excluding hydrogens is 224 g/mol. The summed E-state index contributed by atoms with van der Waals surface area (Å²) in [5, 5.41) is 12.1. The van der Waals surface area contributed by atoms with Gasteiger partial charge in [-0.25, -0.2) is 0 Å². The maximum atomic E-state index is 11.6. The lowest BCUT2D eigenvalue weighted by molar-refractivity contribution is -0.120. The molecule has 1 aliphatic heterocycles. The van der Waals surface area contributed by atoms with Gasteiger partial charge in [-0.3, -0.25) is 4.79 Å². The first-order chi connectivity index (χ1) is 7.61. The molecule has 1 atom stereocenters. The highest BCUT2D eigenvalue weighted by Gasteiger charge is 2.26. The molecule has 1 amide bonds. The van der Waals surface area contributed by atoms with Gasteiger partial charge in [-0.2, -0.15) is 5.26 Å². The molecule has 0 bridgehead atoms. The summed E-state index contributed by atoms with van der Waals surface area (Å²) in [6.45, 7) is 1.93. The fourth-order valence-electron chi connectivity index (χ4n) is 1.89. The first kappa shape index (κ1) is 11.0. The van der Waals surface area contributed by atoms with Crippen LogP contribution in [-0.4, -0.2) is 5.91 Å². The van der Waals surface area contributed by atoms with E-state index in [-0.39, 0.29) is 18.2 Å². The van der Waals surface area contributed by atoms with Crippen LogP contribution in [0.2, 0.25) is 5.02 Å². The minimum Gasteiger partial charge on any atom is -0.326 e. The standard InChI is InChI=1S/C12H11ClN2O/c1-7-4-9-5-8(2-3-14)12(16)15-11(9)6-10(7)13/h4,6,8H,2,5H2,1H3,(H,15,16). The van der Waals surface area contributed by atoms with Gasteiger partial charge >= 0.3 is 0 Å². The second-order valence-electron chi connectivity index (χ2n) is 4.01. The fraction of sp³-hybridized carbons (Fsp3) is 0.333. The molecule has 4 heteroatoms. The Hall–Kier alpha value is -1.53. The maximum absolute atomic E-state index is 11.6. The number of halogens is 1. The average Bonchev–Trinajstić information content (AvgIpc) is 2.23. The van der Waals surface area contributed by atoms with Gasteiger partial charge in [0.2, 0.25) is 5.91 Å². The third kappa shape index (κ3) is 1.89. The molecule has 0 radical (unpaired) electrons. The molecule has 1 N–H and O–H groups in total. The number of hydrogen-bond donors (Lipinski definition) is 1. The molecule has 1 heterocycles. The van der Waals surface area contributed by atoms with Gasteiger partial charge in [0.05, 0.1) is 12.0 Å². The normalized spacial score (nSPS) is 18.6. The molecule has 16 heavy (non-hydrogen) atoms. The van der Waals surface area contributed by atoms with Crippen molar-refractivity contribution in [2.75, 3.05) is 5.32 Å². The number of nitrogens with zero attached hydrogens (tertiary/aromatic N) is 1. The molecule has 1 unspecified atom stereocenters. The lowest BCUT2D eigenvalue weighted by atomic mass is 9.90. The van der Waals surface area contributed by atoms with Crippen molar-refractivity contribution < 1.29 is 4.79 Å². The summed E-state index contributed by atoms with van der Waals surface area (Å²) < 4.78 is 0. The molecule has 0 spiro atoms. The van der Waals surface area contributed by atoms with Crippen molar-refractivity contribution in [3.05, 3.63) is 28.3 Å². The quantitative estimate of drug-likeness (QED) is 0.812. The third-order valence-electron chi connectivity index (χ3n) is 2.82. The van der Waals surface area contributed by atoms with Crippen LogP contribution in [0.5, 0.6) is 0 Å². The molecule has 0 aliphatic carbocycles. The Kier molecular flexibility index (Phi) is 2.84. The summed E-state index contributed by atoms with van der Waals surface area (Å²) in [4.78, 5) is 11.6. The predicted octanol–water partition coefficient (Wildman–Crippen LogP) is 2.67. The molecule has 1 aromatic carbocycles. The van der Waals surface area contributed by atoms with Crippen LogP contribution < -0.4 is 5.32 Å². The molecule has 0 aromatic heterocycles. The van der Waals surface area contributed by atoms with Crippen LogP contribution >= 0.6 is 11.6 Å². The Labute approximate surface area is 99.0 Å². The van der Waals surface area contributed by atoms with Crippen LogP contribution in [0.1, 0.15) is 17.5 Å². The van der Waals surface area contributed by atoms with Gasteiger partial charge in [0.25, 0.3) is 0 Å². The van der Waals surface area contributed by atoms with Gasteiger partial charge in [-0.05, 0) is 30.5 Å². The van der Waals surface area contributed by atoms with E-state index in [9.17, 15) is 4.79 Å². The minimum atomic E-state index is -0.238. The highest BCUT2D eigenvalue weighted by atomic mass is 35.5. The minimum absolute atomic E-state index is 0.0889. The predicted molar refractivity (Wildman–Crippen MR) is 62.2 cm³/mol. The SMILES string of the molecule is Cc1cc2c(cc1Cl)NC(=O)C(CC#N)C2. The van der Waals surface area contributed by atoms with Gasteiger partial charge in [0.15, 0.2) is 0 Å². The van der Waals surface area contributed by atoms with Gasteiger partial charge in [0, 0.05) is 17.1 Å². The monoisotopic (exact) mass is 234 g/mol. The van der Waals surface area contributed by atoms with E-state index in [4.69, 9.17) is 16.9 Å². The Morgan fingerprint density at radius 2 is 2.38 bits per heavy atom. The summed E-state index contributed by atoms with van der Waals surface area (Å²) in [5.41, 5.74) is 2.82. The second kappa shape index (κ2) is 4.15. The largest absolute Gasteiger partial charge is 0.326 e. The molecule has 0 saturated carbocycles. The molecule has 1 aliphatic rings. The Morgan fingerprint density at radius 1 is 1.62 bits per heavy atom. The van der Waals surface area contributed by atoms with Crippen LogP contribution in [-0.2, 0) is 11.2 Å². The van der Waals surface area contributed by atoms with Crippen molar-refractivity contribution in [1.29, 1.82) is 5.26 Å². The maximum Gasteiger partial charge on any atom is 0.228 e. The summed E-state index contributed by atoms with van der Waals surface area (Å²) in [6, 6.07) is 5.78. The lowest BCUT2D eigenvalue weighted by Crippen LogP contribution is -2.29. The van der Waals surface area contributed by atoms with E-state index in [1.54, 1.807) is 6.07 Å². The highest BCUT2D eigenvalue weighted by Crippen LogP contribution is 2.31. The molecule has 0 fully saturated rings. The van der Waals surface area contributed by atoms with Crippen molar-refractivity contribution in [3.63, 3.8) is 0 Å². The van der Waals surface area contributed by atoms with Crippen LogP contribution in [0.3, 0.4) is 0 Å². The van der Waals surface area contributed by atoms with Crippen molar-refractivity contribution in [2.45, 2.75) is 19.8 Å². The van der Waals surface area contributed by atoms with E-state index in [2.05, 4.69) is 5.32 Å². The number of fused-ring (bicyclic) bond motifs is 1. The topological polar surface area (TPSA) is 52.9 Å².